The van der Waals surface area contributed by atoms with Crippen molar-refractivity contribution >= 4 is 37.8 Å². The highest BCUT2D eigenvalue weighted by Gasteiger charge is 2.31. The maximum Gasteiger partial charge on any atom is 0.308 e. The van der Waals surface area contributed by atoms with Crippen LogP contribution in [0.2, 0.25) is 0 Å². The number of alkyl halides is 2. The first-order chi connectivity index (χ1) is 14.1. The topological polar surface area (TPSA) is 46.5 Å². The van der Waals surface area contributed by atoms with E-state index in [-0.39, 0.29) is 22.5 Å². The zero-order valence-corrected chi connectivity index (χ0v) is 23.3. The van der Waals surface area contributed by atoms with Crippen LogP contribution in [0, 0.1) is 13.8 Å². The third kappa shape index (κ3) is 5.19. The van der Waals surface area contributed by atoms with Crippen LogP contribution in [-0.2, 0) is 26.3 Å². The molecule has 0 fully saturated rings. The molecule has 1 N–H and O–H groups in total. The second-order valence-corrected chi connectivity index (χ2v) is 11.3. The lowest BCUT2D eigenvalue weighted by molar-refractivity contribution is -0.131. The van der Waals surface area contributed by atoms with E-state index in [9.17, 15) is 9.90 Å². The molecule has 2 aromatic carbocycles. The highest BCUT2D eigenvalue weighted by atomic mass is 79.9. The number of phenolic OH excluding ortho intramolecular Hbond substituents is 1. The summed E-state index contributed by atoms with van der Waals surface area (Å²) in [6, 6.07) is 4.18. The fourth-order valence-corrected chi connectivity index (χ4v) is 5.07. The minimum Gasteiger partial charge on any atom is -0.507 e. The Morgan fingerprint density at radius 2 is 1.29 bits per heavy atom. The Balaban J connectivity index is 3.18. The summed E-state index contributed by atoms with van der Waals surface area (Å²) in [6.07, 6.45) is 0. The van der Waals surface area contributed by atoms with E-state index >= 15 is 0 Å². The SMILES string of the molecule is CC(=O)Oc1c(C(C)(C)C)cc(CBr)c(C)c1-c1c(C)c(CBr)cc(C(C)(C)C)c1O. The highest BCUT2D eigenvalue weighted by molar-refractivity contribution is 9.08. The molecule has 2 aromatic rings. The zero-order chi connectivity index (χ0) is 23.9. The van der Waals surface area contributed by atoms with Gasteiger partial charge < -0.3 is 9.84 Å². The Bertz CT molecular complexity index is 1010. The summed E-state index contributed by atoms with van der Waals surface area (Å²) in [4.78, 5) is 12.2. The van der Waals surface area contributed by atoms with Crippen molar-refractivity contribution in [1.82, 2.24) is 0 Å². The first-order valence-corrected chi connectivity index (χ1v) is 12.7. The van der Waals surface area contributed by atoms with Gasteiger partial charge in [-0.1, -0.05) is 85.5 Å². The molecule has 5 heteroatoms. The molecule has 0 heterocycles. The lowest BCUT2D eigenvalue weighted by Crippen LogP contribution is -2.18. The van der Waals surface area contributed by atoms with Gasteiger partial charge in [-0.3, -0.25) is 4.79 Å². The summed E-state index contributed by atoms with van der Waals surface area (Å²) in [5.74, 6) is 0.410. The Kier molecular flexibility index (Phi) is 7.75. The smallest absolute Gasteiger partial charge is 0.308 e. The molecule has 31 heavy (non-hydrogen) atoms. The van der Waals surface area contributed by atoms with Gasteiger partial charge in [0.15, 0.2) is 0 Å². The molecule has 0 saturated heterocycles. The van der Waals surface area contributed by atoms with Crippen molar-refractivity contribution in [2.45, 2.75) is 83.8 Å². The van der Waals surface area contributed by atoms with Gasteiger partial charge in [0.25, 0.3) is 0 Å². The molecule has 0 aliphatic rings. The number of aromatic hydroxyl groups is 1. The Morgan fingerprint density at radius 3 is 1.68 bits per heavy atom. The van der Waals surface area contributed by atoms with E-state index in [4.69, 9.17) is 4.74 Å². The van der Waals surface area contributed by atoms with Crippen molar-refractivity contribution in [1.29, 1.82) is 0 Å². The van der Waals surface area contributed by atoms with Crippen molar-refractivity contribution < 1.29 is 14.6 Å². The first-order valence-electron chi connectivity index (χ1n) is 10.5. The molecule has 0 aliphatic carbocycles. The number of carbonyl (C=O) groups excluding carboxylic acids is 1. The second kappa shape index (κ2) is 9.27. The van der Waals surface area contributed by atoms with Crippen molar-refractivity contribution in [2.24, 2.45) is 0 Å². The molecular formula is C26H34Br2O3. The average molecular weight is 554 g/mol. The highest BCUT2D eigenvalue weighted by Crippen LogP contribution is 2.50. The number of hydrogen-bond acceptors (Lipinski definition) is 3. The van der Waals surface area contributed by atoms with Gasteiger partial charge in [0, 0.05) is 39.8 Å². The van der Waals surface area contributed by atoms with E-state index < -0.39 is 0 Å². The van der Waals surface area contributed by atoms with Crippen LogP contribution in [0.5, 0.6) is 11.5 Å². The third-order valence-electron chi connectivity index (χ3n) is 5.71. The summed E-state index contributed by atoms with van der Waals surface area (Å²) in [7, 11) is 0. The Hall–Kier alpha value is -1.33. The van der Waals surface area contributed by atoms with Crippen LogP contribution in [0.25, 0.3) is 11.1 Å². The van der Waals surface area contributed by atoms with E-state index in [2.05, 4.69) is 85.5 Å². The number of halogens is 2. The number of hydrogen-bond donors (Lipinski definition) is 1. The van der Waals surface area contributed by atoms with Crippen LogP contribution < -0.4 is 4.74 Å². The van der Waals surface area contributed by atoms with E-state index in [1.165, 1.54) is 6.92 Å². The summed E-state index contributed by atoms with van der Waals surface area (Å²) < 4.78 is 5.87. The van der Waals surface area contributed by atoms with Crippen LogP contribution in [0.4, 0.5) is 0 Å². The summed E-state index contributed by atoms with van der Waals surface area (Å²) in [5.41, 5.74) is 7.02. The van der Waals surface area contributed by atoms with Gasteiger partial charge >= 0.3 is 5.97 Å². The number of phenols is 1. The predicted octanol–water partition coefficient (Wildman–Crippen LogP) is 7.99. The maximum atomic E-state index is 12.2. The third-order valence-corrected chi connectivity index (χ3v) is 6.92. The Labute approximate surface area is 203 Å². The molecule has 170 valence electrons. The van der Waals surface area contributed by atoms with E-state index in [0.29, 0.717) is 16.4 Å². The second-order valence-electron chi connectivity index (χ2n) is 10.2. The van der Waals surface area contributed by atoms with Gasteiger partial charge in [0.05, 0.1) is 0 Å². The molecule has 0 saturated carbocycles. The van der Waals surface area contributed by atoms with Gasteiger partial charge in [0.2, 0.25) is 0 Å². The fraction of sp³-hybridized carbons (Fsp3) is 0.500. The number of carbonyl (C=O) groups is 1. The van der Waals surface area contributed by atoms with E-state index in [1.54, 1.807) is 0 Å². The van der Waals surface area contributed by atoms with E-state index in [1.807, 2.05) is 13.8 Å². The van der Waals surface area contributed by atoms with Crippen LogP contribution in [0.3, 0.4) is 0 Å². The molecule has 0 radical (unpaired) electrons. The van der Waals surface area contributed by atoms with Crippen LogP contribution in [0.15, 0.2) is 12.1 Å². The fourth-order valence-electron chi connectivity index (χ4n) is 3.90. The molecule has 0 aromatic heterocycles. The molecule has 2 rings (SSSR count). The number of rotatable bonds is 4. The monoisotopic (exact) mass is 552 g/mol. The number of ether oxygens (including phenoxy) is 1. The molecule has 3 nitrogen and oxygen atoms in total. The standard InChI is InChI=1S/C26H34Br2O3/c1-14-17(12-27)10-19(25(4,5)6)23(30)21(14)22-15(2)18(13-28)11-20(26(7,8)9)24(22)31-16(3)29/h10-11,30H,12-13H2,1-9H3. The summed E-state index contributed by atoms with van der Waals surface area (Å²) in [5, 5.41) is 12.9. The maximum absolute atomic E-state index is 12.2. The van der Waals surface area contributed by atoms with Crippen molar-refractivity contribution in [3.05, 3.63) is 45.5 Å². The van der Waals surface area contributed by atoms with Crippen molar-refractivity contribution in [3.8, 4) is 22.6 Å². The molecular weight excluding hydrogens is 520 g/mol. The molecule has 0 atom stereocenters. The quantitative estimate of drug-likeness (QED) is 0.237. The lowest BCUT2D eigenvalue weighted by atomic mass is 9.77. The van der Waals surface area contributed by atoms with E-state index in [0.717, 1.165) is 44.5 Å². The van der Waals surface area contributed by atoms with Gasteiger partial charge in [-0.15, -0.1) is 0 Å². The Morgan fingerprint density at radius 1 is 0.871 bits per heavy atom. The average Bonchev–Trinajstić information content (AvgIpc) is 2.61. The molecule has 0 spiro atoms. The first kappa shape index (κ1) is 25.9. The van der Waals surface area contributed by atoms with Gasteiger partial charge in [-0.2, -0.15) is 0 Å². The molecule has 0 bridgehead atoms. The van der Waals surface area contributed by atoms with Crippen molar-refractivity contribution in [2.75, 3.05) is 0 Å². The minimum atomic E-state index is -0.373. The minimum absolute atomic E-state index is 0.248. The zero-order valence-electron chi connectivity index (χ0n) is 20.1. The normalized spacial score (nSPS) is 12.2. The van der Waals surface area contributed by atoms with Gasteiger partial charge in [-0.25, -0.2) is 0 Å². The van der Waals surface area contributed by atoms with Crippen molar-refractivity contribution in [3.63, 3.8) is 0 Å². The molecule has 0 aliphatic heterocycles. The van der Waals surface area contributed by atoms with Gasteiger partial charge in [0.1, 0.15) is 11.5 Å². The summed E-state index contributed by atoms with van der Waals surface area (Å²) >= 11 is 7.24. The number of benzene rings is 2. The number of esters is 1. The lowest BCUT2D eigenvalue weighted by Gasteiger charge is -2.30. The molecule has 0 unspecified atom stereocenters. The van der Waals surface area contributed by atoms with Crippen LogP contribution in [0.1, 0.15) is 81.8 Å². The van der Waals surface area contributed by atoms with Crippen LogP contribution in [-0.4, -0.2) is 11.1 Å². The van der Waals surface area contributed by atoms with Crippen LogP contribution >= 0.6 is 31.9 Å². The molecule has 0 amide bonds. The van der Waals surface area contributed by atoms with Gasteiger partial charge in [-0.05, 0) is 46.9 Å². The largest absolute Gasteiger partial charge is 0.507 e. The predicted molar refractivity (Wildman–Crippen MR) is 137 cm³/mol. The summed E-state index contributed by atoms with van der Waals surface area (Å²) in [6.45, 7) is 18.1.